The van der Waals surface area contributed by atoms with Crippen molar-refractivity contribution < 1.29 is 14.2 Å². The quantitative estimate of drug-likeness (QED) is 0.648. The highest BCUT2D eigenvalue weighted by atomic mass is 16.5. The number of nitrogens with zero attached hydrogens (tertiary/aromatic N) is 1. The molecule has 1 atom stereocenters. The lowest BCUT2D eigenvalue weighted by Gasteiger charge is -2.33. The van der Waals surface area contributed by atoms with Gasteiger partial charge < -0.3 is 19.1 Å². The first-order valence-corrected chi connectivity index (χ1v) is 10.4. The zero-order valence-corrected chi connectivity index (χ0v) is 19.0. The van der Waals surface area contributed by atoms with Gasteiger partial charge in [-0.3, -0.25) is 0 Å². The highest BCUT2D eigenvalue weighted by Crippen LogP contribution is 2.53. The van der Waals surface area contributed by atoms with Crippen molar-refractivity contribution in [3.63, 3.8) is 0 Å². The van der Waals surface area contributed by atoms with Crippen LogP contribution in [0.5, 0.6) is 17.2 Å². The Labute approximate surface area is 174 Å². The molecule has 2 aliphatic heterocycles. The lowest BCUT2D eigenvalue weighted by Crippen LogP contribution is -2.34. The van der Waals surface area contributed by atoms with Crippen molar-refractivity contribution in [1.82, 2.24) is 0 Å². The van der Waals surface area contributed by atoms with E-state index in [4.69, 9.17) is 14.2 Å². The second-order valence-corrected chi connectivity index (χ2v) is 10.2. The summed E-state index contributed by atoms with van der Waals surface area (Å²) in [5, 5.41) is 0. The molecule has 0 saturated carbocycles. The molecular formula is C25H33NO3. The fourth-order valence-corrected chi connectivity index (χ4v) is 4.34. The first kappa shape index (κ1) is 19.9. The van der Waals surface area contributed by atoms with Crippen LogP contribution in [0.4, 0.5) is 5.69 Å². The molecule has 2 aromatic carbocycles. The number of fused-ring (bicyclic) bond motifs is 5. The molecule has 156 valence electrons. The Bertz CT molecular complexity index is 950. The SMILES string of the molecule is COc1cc2c(cc1OC)C1Oc3c(cc(C(C)(C)C)cc3C(C)(C)C)N1CC2. The number of methoxy groups -OCH3 is 2. The van der Waals surface area contributed by atoms with Crippen LogP contribution in [0.15, 0.2) is 24.3 Å². The van der Waals surface area contributed by atoms with Crippen molar-refractivity contribution in [2.45, 2.75) is 65.0 Å². The van der Waals surface area contributed by atoms with E-state index in [-0.39, 0.29) is 17.1 Å². The van der Waals surface area contributed by atoms with Gasteiger partial charge in [0.1, 0.15) is 5.75 Å². The van der Waals surface area contributed by atoms with Gasteiger partial charge in [0.05, 0.1) is 19.9 Å². The maximum absolute atomic E-state index is 6.67. The number of benzene rings is 2. The van der Waals surface area contributed by atoms with Gasteiger partial charge in [0.15, 0.2) is 17.7 Å². The van der Waals surface area contributed by atoms with E-state index < -0.39 is 0 Å². The zero-order valence-electron chi connectivity index (χ0n) is 19.0. The Morgan fingerprint density at radius 2 is 1.55 bits per heavy atom. The molecule has 0 aromatic heterocycles. The molecular weight excluding hydrogens is 362 g/mol. The van der Waals surface area contributed by atoms with Crippen molar-refractivity contribution in [1.29, 1.82) is 0 Å². The Morgan fingerprint density at radius 3 is 2.14 bits per heavy atom. The molecule has 29 heavy (non-hydrogen) atoms. The third-order valence-corrected chi connectivity index (χ3v) is 6.10. The fourth-order valence-electron chi connectivity index (χ4n) is 4.34. The standard InChI is InChI=1S/C25H33NO3/c1-24(2,3)16-12-18(25(4,5)6)22-19(13-16)26-10-9-15-11-20(27-7)21(28-8)14-17(15)23(26)29-22/h11-14,23H,9-10H2,1-8H3. The van der Waals surface area contributed by atoms with Gasteiger partial charge in [0, 0.05) is 17.7 Å². The Hall–Kier alpha value is -2.36. The Kier molecular flexibility index (Phi) is 4.52. The van der Waals surface area contributed by atoms with E-state index in [0.717, 1.165) is 30.2 Å². The molecule has 0 spiro atoms. The minimum atomic E-state index is -0.120. The van der Waals surface area contributed by atoms with Crippen LogP contribution in [0.2, 0.25) is 0 Å². The molecule has 0 N–H and O–H groups in total. The predicted octanol–water partition coefficient (Wildman–Crippen LogP) is 5.75. The van der Waals surface area contributed by atoms with Crippen molar-refractivity contribution in [3.05, 3.63) is 46.5 Å². The van der Waals surface area contributed by atoms with Gasteiger partial charge in [-0.05, 0) is 46.6 Å². The number of anilines is 1. The zero-order chi connectivity index (χ0) is 21.1. The Morgan fingerprint density at radius 1 is 0.897 bits per heavy atom. The largest absolute Gasteiger partial charge is 0.493 e. The van der Waals surface area contributed by atoms with E-state index in [9.17, 15) is 0 Å². The summed E-state index contributed by atoms with van der Waals surface area (Å²) in [7, 11) is 3.37. The summed E-state index contributed by atoms with van der Waals surface area (Å²) in [6.07, 6.45) is 0.837. The second-order valence-electron chi connectivity index (χ2n) is 10.2. The van der Waals surface area contributed by atoms with Gasteiger partial charge in [0.25, 0.3) is 0 Å². The summed E-state index contributed by atoms with van der Waals surface area (Å²) >= 11 is 0. The molecule has 4 nitrogen and oxygen atoms in total. The van der Waals surface area contributed by atoms with Gasteiger partial charge >= 0.3 is 0 Å². The summed E-state index contributed by atoms with van der Waals surface area (Å²) in [5.74, 6) is 2.55. The van der Waals surface area contributed by atoms with Gasteiger partial charge in [-0.2, -0.15) is 0 Å². The molecule has 2 heterocycles. The van der Waals surface area contributed by atoms with Crippen molar-refractivity contribution >= 4 is 5.69 Å². The van der Waals surface area contributed by atoms with Crippen LogP contribution in [-0.2, 0) is 17.3 Å². The molecule has 4 heteroatoms. The molecule has 0 aliphatic carbocycles. The third-order valence-electron chi connectivity index (χ3n) is 6.10. The summed E-state index contributed by atoms with van der Waals surface area (Å²) < 4.78 is 17.7. The van der Waals surface area contributed by atoms with Crippen LogP contribution in [0, 0.1) is 0 Å². The first-order chi connectivity index (χ1) is 13.5. The third kappa shape index (κ3) is 3.23. The number of ether oxygens (including phenoxy) is 3. The average molecular weight is 396 g/mol. The predicted molar refractivity (Wildman–Crippen MR) is 118 cm³/mol. The van der Waals surface area contributed by atoms with E-state index >= 15 is 0 Å². The van der Waals surface area contributed by atoms with Crippen LogP contribution in [0.3, 0.4) is 0 Å². The van der Waals surface area contributed by atoms with Gasteiger partial charge in [-0.15, -0.1) is 0 Å². The lowest BCUT2D eigenvalue weighted by atomic mass is 9.79. The molecule has 4 rings (SSSR count). The van der Waals surface area contributed by atoms with Crippen molar-refractivity contribution in [2.24, 2.45) is 0 Å². The average Bonchev–Trinajstić information content (AvgIpc) is 3.03. The normalized spacial score (nSPS) is 17.9. The van der Waals surface area contributed by atoms with E-state index in [0.29, 0.717) is 0 Å². The van der Waals surface area contributed by atoms with Crippen molar-refractivity contribution in [2.75, 3.05) is 25.7 Å². The summed E-state index contributed by atoms with van der Waals surface area (Å²) in [4.78, 5) is 2.41. The minimum Gasteiger partial charge on any atom is -0.493 e. The summed E-state index contributed by atoms with van der Waals surface area (Å²) in [6.45, 7) is 14.5. The highest BCUT2D eigenvalue weighted by molar-refractivity contribution is 5.71. The number of rotatable bonds is 2. The van der Waals surface area contributed by atoms with E-state index in [1.54, 1.807) is 14.2 Å². The molecule has 2 aromatic rings. The van der Waals surface area contributed by atoms with Crippen molar-refractivity contribution in [3.8, 4) is 17.2 Å². The molecule has 2 aliphatic rings. The molecule has 1 unspecified atom stereocenters. The van der Waals surface area contributed by atoms with Gasteiger partial charge in [0.2, 0.25) is 0 Å². The van der Waals surface area contributed by atoms with Crippen LogP contribution >= 0.6 is 0 Å². The van der Waals surface area contributed by atoms with Gasteiger partial charge in [-0.25, -0.2) is 0 Å². The monoisotopic (exact) mass is 395 g/mol. The highest BCUT2D eigenvalue weighted by Gasteiger charge is 2.41. The number of hydrogen-bond donors (Lipinski definition) is 0. The molecule has 0 amide bonds. The van der Waals surface area contributed by atoms with Crippen LogP contribution < -0.4 is 19.1 Å². The lowest BCUT2D eigenvalue weighted by molar-refractivity contribution is 0.216. The number of hydrogen-bond acceptors (Lipinski definition) is 4. The fraction of sp³-hybridized carbons (Fsp3) is 0.520. The van der Waals surface area contributed by atoms with E-state index in [1.165, 1.54) is 27.9 Å². The van der Waals surface area contributed by atoms with Crippen LogP contribution in [0.25, 0.3) is 0 Å². The maximum atomic E-state index is 6.67. The maximum Gasteiger partial charge on any atom is 0.199 e. The molecule has 0 fully saturated rings. The minimum absolute atomic E-state index is 0.000383. The van der Waals surface area contributed by atoms with Crippen LogP contribution in [-0.4, -0.2) is 20.8 Å². The molecule has 0 bridgehead atoms. The Balaban J connectivity index is 1.87. The van der Waals surface area contributed by atoms with Crippen LogP contribution in [0.1, 0.15) is 70.0 Å². The first-order valence-electron chi connectivity index (χ1n) is 10.4. The second kappa shape index (κ2) is 6.58. The van der Waals surface area contributed by atoms with E-state index in [1.807, 2.05) is 0 Å². The summed E-state index contributed by atoms with van der Waals surface area (Å²) in [6, 6.07) is 8.85. The molecule has 0 radical (unpaired) electrons. The van der Waals surface area contributed by atoms with E-state index in [2.05, 4.69) is 70.7 Å². The molecule has 0 saturated heterocycles. The van der Waals surface area contributed by atoms with Gasteiger partial charge in [-0.1, -0.05) is 47.6 Å². The topological polar surface area (TPSA) is 30.9 Å². The smallest absolute Gasteiger partial charge is 0.199 e. The summed E-state index contributed by atoms with van der Waals surface area (Å²) in [5.41, 5.74) is 6.36.